The molecule has 6 nitrogen and oxygen atoms in total. The van der Waals surface area contributed by atoms with Crippen LogP contribution in [0.1, 0.15) is 0 Å². The molecule has 2 N–H and O–H groups in total. The van der Waals surface area contributed by atoms with Crippen LogP contribution in [0.5, 0.6) is 0 Å². The number of halogens is 1. The summed E-state index contributed by atoms with van der Waals surface area (Å²) in [6.45, 7) is 0. The van der Waals surface area contributed by atoms with E-state index < -0.39 is 26.2 Å². The molecule has 1 saturated heterocycles. The summed E-state index contributed by atoms with van der Waals surface area (Å²) in [7, 11) is -3.11. The van der Waals surface area contributed by atoms with Gasteiger partial charge in [-0.3, -0.25) is 10.4 Å². The van der Waals surface area contributed by atoms with Gasteiger partial charge in [0.25, 0.3) is 0 Å². The maximum Gasteiger partial charge on any atom is 0.154 e. The number of hydrogen-bond donors (Lipinski definition) is 2. The molecule has 8 heteroatoms. The van der Waals surface area contributed by atoms with Gasteiger partial charge in [0.05, 0.1) is 21.7 Å². The van der Waals surface area contributed by atoms with Gasteiger partial charge in [0, 0.05) is 0 Å². The van der Waals surface area contributed by atoms with Crippen molar-refractivity contribution in [2.75, 3.05) is 11.5 Å². The van der Waals surface area contributed by atoms with Crippen molar-refractivity contribution in [2.24, 2.45) is 0 Å². The third-order valence-corrected chi connectivity index (χ3v) is 4.51. The van der Waals surface area contributed by atoms with Crippen molar-refractivity contribution in [3.05, 3.63) is 0 Å². The monoisotopic (exact) mass is 261 g/mol. The predicted octanol–water partition coefficient (Wildman–Crippen LogP) is -0.441. The van der Waals surface area contributed by atoms with Crippen molar-refractivity contribution in [1.29, 1.82) is 0 Å². The van der Waals surface area contributed by atoms with Crippen LogP contribution in [0.25, 0.3) is 0 Å². The SMILES string of the molecule is O=S1(=O)CC(Br)C(ON(O)O)C1. The van der Waals surface area contributed by atoms with Crippen LogP contribution in [0.2, 0.25) is 0 Å². The highest BCUT2D eigenvalue weighted by atomic mass is 79.9. The Morgan fingerprint density at radius 3 is 2.33 bits per heavy atom. The molecule has 2 atom stereocenters. The van der Waals surface area contributed by atoms with Crippen molar-refractivity contribution in [3.8, 4) is 0 Å². The molecule has 72 valence electrons. The van der Waals surface area contributed by atoms with Gasteiger partial charge in [0.2, 0.25) is 0 Å². The molecule has 0 aromatic carbocycles. The minimum atomic E-state index is -3.11. The first-order valence-corrected chi connectivity index (χ1v) is 5.83. The zero-order valence-corrected chi connectivity index (χ0v) is 8.32. The lowest BCUT2D eigenvalue weighted by Crippen LogP contribution is -2.30. The molecule has 0 saturated carbocycles. The van der Waals surface area contributed by atoms with Crippen LogP contribution in [0.4, 0.5) is 0 Å². The Kier molecular flexibility index (Phi) is 3.07. The lowest BCUT2D eigenvalue weighted by molar-refractivity contribution is -0.502. The Morgan fingerprint density at radius 1 is 1.42 bits per heavy atom. The van der Waals surface area contributed by atoms with E-state index in [1.54, 1.807) is 0 Å². The smallest absolute Gasteiger partial charge is 0.154 e. The van der Waals surface area contributed by atoms with E-state index in [1.807, 2.05) is 0 Å². The van der Waals surface area contributed by atoms with Crippen LogP contribution >= 0.6 is 15.9 Å². The van der Waals surface area contributed by atoms with Gasteiger partial charge in [-0.2, -0.15) is 0 Å². The largest absolute Gasteiger partial charge is 0.266 e. The summed E-state index contributed by atoms with van der Waals surface area (Å²) in [5.41, 5.74) is 0. The topological polar surface area (TPSA) is 87.1 Å². The Labute approximate surface area is 77.6 Å². The molecule has 1 aliphatic rings. The molecule has 1 heterocycles. The average Bonchev–Trinajstić information content (AvgIpc) is 2.03. The van der Waals surface area contributed by atoms with E-state index in [9.17, 15) is 8.42 Å². The van der Waals surface area contributed by atoms with Crippen LogP contribution in [0.3, 0.4) is 0 Å². The highest BCUT2D eigenvalue weighted by molar-refractivity contribution is 9.09. The minimum absolute atomic E-state index is 0.0501. The predicted molar refractivity (Wildman–Crippen MR) is 41.7 cm³/mol. The molecular formula is C4H8BrNO5S. The lowest BCUT2D eigenvalue weighted by Gasteiger charge is -2.14. The van der Waals surface area contributed by atoms with Gasteiger partial charge in [0.15, 0.2) is 9.84 Å². The molecule has 2 unspecified atom stereocenters. The molecule has 1 rings (SSSR count). The normalized spacial score (nSPS) is 34.3. The highest BCUT2D eigenvalue weighted by Gasteiger charge is 2.38. The molecule has 0 aromatic rings. The van der Waals surface area contributed by atoms with Gasteiger partial charge in [-0.05, 0) is 0 Å². The summed E-state index contributed by atoms with van der Waals surface area (Å²) in [4.78, 5) is 3.98. The fourth-order valence-corrected chi connectivity index (χ4v) is 4.36. The number of hydrogen-bond acceptors (Lipinski definition) is 6. The maximum atomic E-state index is 10.9. The molecule has 0 amide bonds. The summed E-state index contributed by atoms with van der Waals surface area (Å²) in [5.74, 6) is -0.258. The third-order valence-electron chi connectivity index (χ3n) is 1.46. The van der Waals surface area contributed by atoms with Crippen LogP contribution in [0, 0.1) is 0 Å². The van der Waals surface area contributed by atoms with Gasteiger partial charge in [0.1, 0.15) is 6.10 Å². The Hall–Kier alpha value is 0.270. The standard InChI is InChI=1S/C4H8BrNO5S/c5-3-1-12(9,10)2-4(3)11-6(7)8/h3-4,7-8H,1-2H2. The summed E-state index contributed by atoms with van der Waals surface area (Å²) < 4.78 is 21.9. The van der Waals surface area contributed by atoms with Gasteiger partial charge < -0.3 is 0 Å². The first kappa shape index (κ1) is 10.4. The second-order valence-corrected chi connectivity index (χ2v) is 5.82. The van der Waals surface area contributed by atoms with Crippen LogP contribution < -0.4 is 0 Å². The van der Waals surface area contributed by atoms with E-state index in [0.717, 1.165) is 0 Å². The zero-order chi connectivity index (χ0) is 9.35. The molecule has 0 radical (unpaired) electrons. The number of sulfone groups is 1. The van der Waals surface area contributed by atoms with Crippen molar-refractivity contribution in [3.63, 3.8) is 0 Å². The van der Waals surface area contributed by atoms with Crippen LogP contribution in [-0.4, -0.2) is 46.7 Å². The first-order valence-electron chi connectivity index (χ1n) is 3.10. The fourth-order valence-electron chi connectivity index (χ4n) is 0.990. The zero-order valence-electron chi connectivity index (χ0n) is 5.92. The Balaban J connectivity index is 2.58. The summed E-state index contributed by atoms with van der Waals surface area (Å²) in [5, 5.41) is 16.0. The van der Waals surface area contributed by atoms with Crippen LogP contribution in [0.15, 0.2) is 0 Å². The van der Waals surface area contributed by atoms with E-state index in [4.69, 9.17) is 10.4 Å². The first-order chi connectivity index (χ1) is 5.41. The molecular weight excluding hydrogens is 254 g/mol. The lowest BCUT2D eigenvalue weighted by atomic mass is 10.3. The summed E-state index contributed by atoms with van der Waals surface area (Å²) >= 11 is 3.06. The van der Waals surface area contributed by atoms with Crippen molar-refractivity contribution >= 4 is 25.8 Å². The third kappa shape index (κ3) is 2.64. The second-order valence-electron chi connectivity index (χ2n) is 2.49. The maximum absolute atomic E-state index is 10.9. The average molecular weight is 262 g/mol. The van der Waals surface area contributed by atoms with E-state index >= 15 is 0 Å². The van der Waals surface area contributed by atoms with E-state index in [1.165, 1.54) is 0 Å². The van der Waals surface area contributed by atoms with Crippen LogP contribution in [-0.2, 0) is 14.7 Å². The van der Waals surface area contributed by atoms with Gasteiger partial charge >= 0.3 is 0 Å². The molecule has 1 aliphatic heterocycles. The van der Waals surface area contributed by atoms with E-state index in [2.05, 4.69) is 20.8 Å². The molecule has 0 aromatic heterocycles. The van der Waals surface area contributed by atoms with Gasteiger partial charge in [-0.15, -0.1) is 0 Å². The highest BCUT2D eigenvalue weighted by Crippen LogP contribution is 2.22. The second kappa shape index (κ2) is 3.56. The quantitative estimate of drug-likeness (QED) is 0.518. The summed E-state index contributed by atoms with van der Waals surface area (Å²) in [6.07, 6.45) is -0.745. The van der Waals surface area contributed by atoms with Crippen molar-refractivity contribution < 1.29 is 23.7 Å². The fraction of sp³-hybridized carbons (Fsp3) is 1.00. The molecule has 0 spiro atoms. The number of rotatable bonds is 2. The van der Waals surface area contributed by atoms with E-state index in [-0.39, 0.29) is 11.5 Å². The molecule has 1 fully saturated rings. The minimum Gasteiger partial charge on any atom is -0.266 e. The number of nitrogens with zero attached hydrogens (tertiary/aromatic N) is 1. The van der Waals surface area contributed by atoms with Crippen molar-refractivity contribution in [2.45, 2.75) is 10.9 Å². The van der Waals surface area contributed by atoms with Gasteiger partial charge in [-0.25, -0.2) is 13.3 Å². The Bertz CT molecular complexity index is 252. The number of alkyl halides is 1. The molecule has 0 bridgehead atoms. The van der Waals surface area contributed by atoms with Crippen molar-refractivity contribution in [1.82, 2.24) is 5.39 Å². The molecule has 12 heavy (non-hydrogen) atoms. The Morgan fingerprint density at radius 2 is 2.00 bits per heavy atom. The van der Waals surface area contributed by atoms with Gasteiger partial charge in [-0.1, -0.05) is 15.9 Å². The molecule has 0 aliphatic carbocycles. The van der Waals surface area contributed by atoms with E-state index in [0.29, 0.717) is 0 Å². The summed E-state index contributed by atoms with van der Waals surface area (Å²) in [6, 6.07) is 0.